The number of nitro groups is 2. The molecule has 28 heavy (non-hydrogen) atoms. The molecule has 0 spiro atoms. The second-order valence-corrected chi connectivity index (χ2v) is 5.46. The van der Waals surface area contributed by atoms with Crippen LogP contribution in [0.5, 0.6) is 11.5 Å². The van der Waals surface area contributed by atoms with Crippen LogP contribution in [0.25, 0.3) is 0 Å². The van der Waals surface area contributed by atoms with E-state index in [1.165, 1.54) is 42.5 Å². The molecular formula is C19H14N2O7. The van der Waals surface area contributed by atoms with E-state index in [1.807, 2.05) is 0 Å². The summed E-state index contributed by atoms with van der Waals surface area (Å²) in [6.45, 7) is 0. The molecule has 142 valence electrons. The molecular weight excluding hydrogens is 368 g/mol. The molecule has 3 aromatic rings. The van der Waals surface area contributed by atoms with Crippen LogP contribution in [0.2, 0.25) is 0 Å². The maximum absolute atomic E-state index is 11.9. The van der Waals surface area contributed by atoms with Gasteiger partial charge in [0.2, 0.25) is 0 Å². The van der Waals surface area contributed by atoms with Gasteiger partial charge < -0.3 is 10.2 Å². The molecule has 9 nitrogen and oxygen atoms in total. The summed E-state index contributed by atoms with van der Waals surface area (Å²) in [6, 6.07) is 16.7. The van der Waals surface area contributed by atoms with Gasteiger partial charge in [0, 0.05) is 23.3 Å². The predicted molar refractivity (Wildman–Crippen MR) is 99.4 cm³/mol. The number of non-ortho nitro benzene ring substituents is 2. The lowest BCUT2D eigenvalue weighted by molar-refractivity contribution is -0.394. The van der Waals surface area contributed by atoms with Gasteiger partial charge in [0.25, 0.3) is 11.4 Å². The summed E-state index contributed by atoms with van der Waals surface area (Å²) < 4.78 is 0. The van der Waals surface area contributed by atoms with E-state index < -0.39 is 9.85 Å². The standard InChI is InChI=1S/C13H10O3.C6H4N2O4/c14-11-5-1-9(2-6-11)13(16)10-3-7-12(15)8-4-10;9-7(10)5-2-1-3-6(4-5)8(11)12/h1-8,14-15H;1-4H. The highest BCUT2D eigenvalue weighted by Crippen LogP contribution is 2.18. The Bertz CT molecular complexity index is 923. The number of carbonyl (C=O) groups is 1. The van der Waals surface area contributed by atoms with E-state index in [-0.39, 0.29) is 28.7 Å². The van der Waals surface area contributed by atoms with E-state index >= 15 is 0 Å². The summed E-state index contributed by atoms with van der Waals surface area (Å²) in [5.41, 5.74) is 0.459. The smallest absolute Gasteiger partial charge is 0.276 e. The number of phenolic OH excluding ortho intramolecular Hbond substituents is 2. The molecule has 0 aliphatic carbocycles. The number of carbonyl (C=O) groups excluding carboxylic acids is 1. The summed E-state index contributed by atoms with van der Waals surface area (Å²) in [6.07, 6.45) is 0. The Kier molecular flexibility index (Phi) is 6.37. The molecule has 0 aliphatic rings. The predicted octanol–water partition coefficient (Wildman–Crippen LogP) is 3.83. The number of ketones is 1. The number of hydrogen-bond acceptors (Lipinski definition) is 7. The van der Waals surface area contributed by atoms with Crippen LogP contribution in [-0.2, 0) is 0 Å². The number of nitrogens with zero attached hydrogens (tertiary/aromatic N) is 2. The number of phenols is 2. The maximum atomic E-state index is 11.9. The first kappa shape index (κ1) is 20.0. The van der Waals surface area contributed by atoms with Crippen molar-refractivity contribution in [2.45, 2.75) is 0 Å². The molecule has 0 fully saturated rings. The van der Waals surface area contributed by atoms with Crippen molar-refractivity contribution in [2.75, 3.05) is 0 Å². The molecule has 0 radical (unpaired) electrons. The SMILES string of the molecule is O=C(c1ccc(O)cc1)c1ccc(O)cc1.O=[N+]([O-])c1cccc([N+](=O)[O-])c1. The quantitative estimate of drug-likeness (QED) is 0.396. The van der Waals surface area contributed by atoms with Crippen molar-refractivity contribution in [3.63, 3.8) is 0 Å². The molecule has 0 bridgehead atoms. The van der Waals surface area contributed by atoms with Crippen molar-refractivity contribution < 1.29 is 24.9 Å². The Labute approximate surface area is 158 Å². The van der Waals surface area contributed by atoms with Crippen LogP contribution in [0.1, 0.15) is 15.9 Å². The summed E-state index contributed by atoms with van der Waals surface area (Å²) in [5, 5.41) is 38.5. The van der Waals surface area contributed by atoms with Gasteiger partial charge in [0.05, 0.1) is 15.9 Å². The highest BCUT2D eigenvalue weighted by Gasteiger charge is 2.11. The fraction of sp³-hybridized carbons (Fsp3) is 0. The van der Waals surface area contributed by atoms with Crippen molar-refractivity contribution >= 4 is 17.2 Å². The lowest BCUT2D eigenvalue weighted by Crippen LogP contribution is -2.00. The average molecular weight is 382 g/mol. The zero-order chi connectivity index (χ0) is 20.7. The van der Waals surface area contributed by atoms with Crippen LogP contribution < -0.4 is 0 Å². The van der Waals surface area contributed by atoms with Gasteiger partial charge in [-0.05, 0) is 54.6 Å². The average Bonchev–Trinajstić information content (AvgIpc) is 2.69. The first-order valence-electron chi connectivity index (χ1n) is 7.79. The van der Waals surface area contributed by atoms with Gasteiger partial charge in [-0.2, -0.15) is 0 Å². The van der Waals surface area contributed by atoms with E-state index in [9.17, 15) is 25.0 Å². The third kappa shape index (κ3) is 5.36. The van der Waals surface area contributed by atoms with Gasteiger partial charge in [-0.25, -0.2) is 0 Å². The molecule has 9 heteroatoms. The Morgan fingerprint density at radius 2 is 1.04 bits per heavy atom. The second-order valence-electron chi connectivity index (χ2n) is 5.46. The summed E-state index contributed by atoms with van der Waals surface area (Å²) in [7, 11) is 0. The first-order valence-corrected chi connectivity index (χ1v) is 7.79. The van der Waals surface area contributed by atoms with Crippen LogP contribution in [0.15, 0.2) is 72.8 Å². The Morgan fingerprint density at radius 3 is 1.36 bits per heavy atom. The normalized spacial score (nSPS) is 9.71. The summed E-state index contributed by atoms with van der Waals surface area (Å²) in [5.74, 6) is 0.115. The molecule has 0 atom stereocenters. The molecule has 3 aromatic carbocycles. The summed E-state index contributed by atoms with van der Waals surface area (Å²) >= 11 is 0. The van der Waals surface area contributed by atoms with E-state index in [0.717, 1.165) is 6.07 Å². The molecule has 0 heterocycles. The number of nitro benzene ring substituents is 2. The van der Waals surface area contributed by atoms with Crippen LogP contribution in [-0.4, -0.2) is 25.8 Å². The van der Waals surface area contributed by atoms with Crippen molar-refractivity contribution in [1.29, 1.82) is 0 Å². The molecule has 0 unspecified atom stereocenters. The third-order valence-corrected chi connectivity index (χ3v) is 3.51. The Morgan fingerprint density at radius 1 is 0.679 bits per heavy atom. The highest BCUT2D eigenvalue weighted by molar-refractivity contribution is 6.09. The molecule has 0 aromatic heterocycles. The molecule has 0 saturated heterocycles. The zero-order valence-electron chi connectivity index (χ0n) is 14.3. The van der Waals surface area contributed by atoms with Gasteiger partial charge in [-0.15, -0.1) is 0 Å². The van der Waals surface area contributed by atoms with Crippen LogP contribution >= 0.6 is 0 Å². The van der Waals surface area contributed by atoms with Crippen LogP contribution in [0, 0.1) is 20.2 Å². The lowest BCUT2D eigenvalue weighted by atomic mass is 10.0. The largest absolute Gasteiger partial charge is 0.508 e. The first-order chi connectivity index (χ1) is 13.3. The number of hydrogen-bond donors (Lipinski definition) is 2. The molecule has 2 N–H and O–H groups in total. The van der Waals surface area contributed by atoms with Gasteiger partial charge in [0.15, 0.2) is 5.78 Å². The topological polar surface area (TPSA) is 144 Å². The number of aromatic hydroxyl groups is 2. The van der Waals surface area contributed by atoms with Crippen LogP contribution in [0.3, 0.4) is 0 Å². The van der Waals surface area contributed by atoms with Gasteiger partial charge >= 0.3 is 0 Å². The molecule has 3 rings (SSSR count). The minimum Gasteiger partial charge on any atom is -0.508 e. The molecule has 0 saturated carbocycles. The molecule has 0 amide bonds. The Hall–Kier alpha value is -4.27. The van der Waals surface area contributed by atoms with Crippen molar-refractivity contribution in [3.8, 4) is 11.5 Å². The van der Waals surface area contributed by atoms with Gasteiger partial charge in [0.1, 0.15) is 11.5 Å². The van der Waals surface area contributed by atoms with Crippen molar-refractivity contribution in [2.24, 2.45) is 0 Å². The number of benzene rings is 3. The molecule has 0 aliphatic heterocycles. The van der Waals surface area contributed by atoms with Crippen molar-refractivity contribution in [3.05, 3.63) is 104 Å². The Balaban J connectivity index is 0.000000209. The zero-order valence-corrected chi connectivity index (χ0v) is 14.3. The van der Waals surface area contributed by atoms with Crippen molar-refractivity contribution in [1.82, 2.24) is 0 Å². The monoisotopic (exact) mass is 382 g/mol. The minimum atomic E-state index is -0.674. The third-order valence-electron chi connectivity index (χ3n) is 3.51. The van der Waals surface area contributed by atoms with Crippen LogP contribution in [0.4, 0.5) is 11.4 Å². The lowest BCUT2D eigenvalue weighted by Gasteiger charge is -2.01. The van der Waals surface area contributed by atoms with Gasteiger partial charge in [-0.1, -0.05) is 0 Å². The van der Waals surface area contributed by atoms with E-state index in [4.69, 9.17) is 10.2 Å². The van der Waals surface area contributed by atoms with E-state index in [0.29, 0.717) is 11.1 Å². The second kappa shape index (κ2) is 8.90. The highest BCUT2D eigenvalue weighted by atomic mass is 16.6. The summed E-state index contributed by atoms with van der Waals surface area (Å²) in [4.78, 5) is 30.9. The van der Waals surface area contributed by atoms with E-state index in [1.54, 1.807) is 24.3 Å². The fourth-order valence-corrected chi connectivity index (χ4v) is 2.11. The minimum absolute atomic E-state index is 0.127. The fourth-order valence-electron chi connectivity index (χ4n) is 2.11. The maximum Gasteiger partial charge on any atom is 0.276 e. The van der Waals surface area contributed by atoms with Gasteiger partial charge in [-0.3, -0.25) is 25.0 Å². The number of rotatable bonds is 4. The van der Waals surface area contributed by atoms with E-state index in [2.05, 4.69) is 0 Å².